The third kappa shape index (κ3) is 2.78. The second-order valence-corrected chi connectivity index (χ2v) is 7.31. The van der Waals surface area contributed by atoms with Crippen molar-refractivity contribution in [2.75, 3.05) is 13.1 Å². The summed E-state index contributed by atoms with van der Waals surface area (Å²) in [5.41, 5.74) is 2.85. The summed E-state index contributed by atoms with van der Waals surface area (Å²) < 4.78 is 1.27. The number of nitrogens with zero attached hydrogens (tertiary/aromatic N) is 2. The minimum Gasteiger partial charge on any atom is -0.507 e. The first-order valence-corrected chi connectivity index (χ1v) is 9.12. The molecule has 122 valence electrons. The summed E-state index contributed by atoms with van der Waals surface area (Å²) in [6, 6.07) is 15.8. The predicted molar refractivity (Wildman–Crippen MR) is 100 cm³/mol. The molecule has 0 unspecified atom stereocenters. The second kappa shape index (κ2) is 6.29. The summed E-state index contributed by atoms with van der Waals surface area (Å²) in [7, 11) is 0. The normalized spacial score (nSPS) is 15.8. The smallest absolute Gasteiger partial charge is 0.124 e. The van der Waals surface area contributed by atoms with Gasteiger partial charge in [-0.3, -0.25) is 0 Å². The highest BCUT2D eigenvalue weighted by Crippen LogP contribution is 2.36. The van der Waals surface area contributed by atoms with Crippen molar-refractivity contribution in [3.05, 3.63) is 65.7 Å². The molecule has 0 spiro atoms. The molecule has 0 saturated carbocycles. The van der Waals surface area contributed by atoms with Crippen molar-refractivity contribution in [1.29, 1.82) is 0 Å². The zero-order valence-corrected chi connectivity index (χ0v) is 14.3. The third-order valence-electron chi connectivity index (χ3n) is 4.75. The van der Waals surface area contributed by atoms with Crippen LogP contribution in [-0.4, -0.2) is 28.1 Å². The molecular weight excluding hydrogens is 316 g/mol. The molecule has 3 aromatic rings. The number of para-hydroxylation sites is 2. The van der Waals surface area contributed by atoms with Crippen LogP contribution in [-0.2, 0) is 0 Å². The Bertz CT molecular complexity index is 845. The third-order valence-corrected chi connectivity index (χ3v) is 5.95. The minimum atomic E-state index is 0.302. The van der Waals surface area contributed by atoms with Crippen LogP contribution in [0.1, 0.15) is 29.3 Å². The first kappa shape index (κ1) is 15.2. The number of aromatic hydroxyl groups is 1. The topological polar surface area (TPSA) is 36.4 Å². The highest BCUT2D eigenvalue weighted by atomic mass is 32.1. The highest BCUT2D eigenvalue weighted by molar-refractivity contribution is 7.18. The van der Waals surface area contributed by atoms with E-state index in [0.717, 1.165) is 42.7 Å². The van der Waals surface area contributed by atoms with Gasteiger partial charge in [0.1, 0.15) is 5.75 Å². The Morgan fingerprint density at radius 1 is 1.08 bits per heavy atom. The van der Waals surface area contributed by atoms with Crippen LogP contribution in [0.3, 0.4) is 0 Å². The Kier molecular flexibility index (Phi) is 3.98. The quantitative estimate of drug-likeness (QED) is 0.742. The number of piperidine rings is 1. The van der Waals surface area contributed by atoms with Gasteiger partial charge in [-0.15, -0.1) is 11.3 Å². The lowest BCUT2D eigenvalue weighted by Crippen LogP contribution is -2.31. The van der Waals surface area contributed by atoms with E-state index in [1.165, 1.54) is 9.71 Å². The fraction of sp³-hybridized carbons (Fsp3) is 0.250. The summed E-state index contributed by atoms with van der Waals surface area (Å²) in [5, 5.41) is 11.3. The number of likely N-dealkylation sites (tertiary alicyclic amines) is 1. The molecule has 2 heterocycles. The summed E-state index contributed by atoms with van der Waals surface area (Å²) in [6.07, 6.45) is 2.15. The average Bonchev–Trinajstić information content (AvgIpc) is 3.06. The van der Waals surface area contributed by atoms with Crippen LogP contribution < -0.4 is 0 Å². The number of aromatic nitrogens is 1. The van der Waals surface area contributed by atoms with Gasteiger partial charge in [-0.25, -0.2) is 4.98 Å². The van der Waals surface area contributed by atoms with Crippen LogP contribution in [0.25, 0.3) is 15.9 Å². The van der Waals surface area contributed by atoms with E-state index >= 15 is 0 Å². The summed E-state index contributed by atoms with van der Waals surface area (Å²) in [6.45, 7) is 6.10. The molecule has 1 fully saturated rings. The molecule has 0 radical (unpaired) electrons. The molecule has 0 amide bonds. The van der Waals surface area contributed by atoms with E-state index in [0.29, 0.717) is 11.7 Å². The number of fused-ring (bicyclic) bond motifs is 1. The fourth-order valence-electron chi connectivity index (χ4n) is 3.35. The van der Waals surface area contributed by atoms with Crippen molar-refractivity contribution in [2.24, 2.45) is 0 Å². The molecule has 0 atom stereocenters. The number of phenolic OH excluding ortho intramolecular Hbond substituents is 1. The van der Waals surface area contributed by atoms with Gasteiger partial charge in [0.05, 0.1) is 15.2 Å². The van der Waals surface area contributed by atoms with Gasteiger partial charge in [0.2, 0.25) is 0 Å². The van der Waals surface area contributed by atoms with E-state index in [2.05, 4.69) is 29.7 Å². The molecular formula is C20H20N2OS. The molecule has 3 nitrogen and oxygen atoms in total. The molecule has 0 bridgehead atoms. The Labute approximate surface area is 145 Å². The molecule has 1 N–H and O–H groups in total. The predicted octanol–water partition coefficient (Wildman–Crippen LogP) is 4.85. The minimum absolute atomic E-state index is 0.302. The molecule has 1 aliphatic rings. The number of hydrogen-bond acceptors (Lipinski definition) is 4. The Balaban J connectivity index is 1.47. The highest BCUT2D eigenvalue weighted by Gasteiger charge is 2.24. The largest absolute Gasteiger partial charge is 0.507 e. The Morgan fingerprint density at radius 2 is 1.79 bits per heavy atom. The van der Waals surface area contributed by atoms with Crippen molar-refractivity contribution in [3.8, 4) is 5.75 Å². The second-order valence-electron chi connectivity index (χ2n) is 6.24. The lowest BCUT2D eigenvalue weighted by molar-refractivity contribution is 0.298. The van der Waals surface area contributed by atoms with Crippen LogP contribution in [0.15, 0.2) is 55.1 Å². The van der Waals surface area contributed by atoms with Crippen LogP contribution in [0, 0.1) is 0 Å². The van der Waals surface area contributed by atoms with Gasteiger partial charge in [-0.1, -0.05) is 30.8 Å². The van der Waals surface area contributed by atoms with Crippen molar-refractivity contribution >= 4 is 27.3 Å². The van der Waals surface area contributed by atoms with Crippen molar-refractivity contribution < 1.29 is 5.11 Å². The molecule has 4 rings (SSSR count). The fourth-order valence-corrected chi connectivity index (χ4v) is 4.49. The number of thiazole rings is 1. The van der Waals surface area contributed by atoms with Gasteiger partial charge in [0, 0.05) is 30.3 Å². The van der Waals surface area contributed by atoms with Crippen molar-refractivity contribution in [1.82, 2.24) is 9.88 Å². The first-order chi connectivity index (χ1) is 11.7. The molecule has 0 aliphatic carbocycles. The maximum Gasteiger partial charge on any atom is 0.124 e. The lowest BCUT2D eigenvalue weighted by Gasteiger charge is -2.34. The molecule has 1 aliphatic heterocycles. The van der Waals surface area contributed by atoms with E-state index in [1.807, 2.05) is 35.6 Å². The van der Waals surface area contributed by atoms with E-state index < -0.39 is 0 Å². The van der Waals surface area contributed by atoms with Gasteiger partial charge in [-0.05, 0) is 37.1 Å². The van der Waals surface area contributed by atoms with Gasteiger partial charge in [0.15, 0.2) is 0 Å². The molecule has 24 heavy (non-hydrogen) atoms. The zero-order valence-electron chi connectivity index (χ0n) is 13.5. The number of rotatable bonds is 3. The van der Waals surface area contributed by atoms with Crippen LogP contribution in [0.5, 0.6) is 5.75 Å². The number of hydrogen-bond donors (Lipinski definition) is 1. The Hall–Kier alpha value is -2.33. The van der Waals surface area contributed by atoms with Crippen molar-refractivity contribution in [2.45, 2.75) is 18.8 Å². The van der Waals surface area contributed by atoms with Gasteiger partial charge in [0.25, 0.3) is 0 Å². The Morgan fingerprint density at radius 3 is 2.54 bits per heavy atom. The van der Waals surface area contributed by atoms with E-state index in [-0.39, 0.29) is 0 Å². The van der Waals surface area contributed by atoms with Crippen LogP contribution in [0.2, 0.25) is 0 Å². The number of benzene rings is 2. The monoisotopic (exact) mass is 336 g/mol. The van der Waals surface area contributed by atoms with Gasteiger partial charge in [-0.2, -0.15) is 0 Å². The molecule has 2 aromatic carbocycles. The zero-order chi connectivity index (χ0) is 16.5. The van der Waals surface area contributed by atoms with Gasteiger partial charge < -0.3 is 10.0 Å². The maximum absolute atomic E-state index is 10.0. The molecule has 4 heteroatoms. The average molecular weight is 336 g/mol. The van der Waals surface area contributed by atoms with Crippen LogP contribution >= 0.6 is 11.3 Å². The van der Waals surface area contributed by atoms with Crippen molar-refractivity contribution in [3.63, 3.8) is 0 Å². The standard InChI is InChI=1S/C20H20N2OS/c1-14(16-6-2-4-8-18(16)23)22-12-10-15(11-13-22)20-21-17-7-3-5-9-19(17)24-20/h2-9,15,23H,1,10-13H2. The lowest BCUT2D eigenvalue weighted by atomic mass is 9.96. The number of phenols is 1. The van der Waals surface area contributed by atoms with Crippen LogP contribution in [0.4, 0.5) is 0 Å². The summed E-state index contributed by atoms with van der Waals surface area (Å²) in [5.74, 6) is 0.826. The maximum atomic E-state index is 10.0. The molecule has 1 aromatic heterocycles. The van der Waals surface area contributed by atoms with E-state index in [9.17, 15) is 5.11 Å². The van der Waals surface area contributed by atoms with E-state index in [4.69, 9.17) is 4.98 Å². The van der Waals surface area contributed by atoms with Gasteiger partial charge >= 0.3 is 0 Å². The molecule has 1 saturated heterocycles. The SMILES string of the molecule is C=C(c1ccccc1O)N1CCC(c2nc3ccccc3s2)CC1. The summed E-state index contributed by atoms with van der Waals surface area (Å²) >= 11 is 1.82. The first-order valence-electron chi connectivity index (χ1n) is 8.30. The van der Waals surface area contributed by atoms with E-state index in [1.54, 1.807) is 6.07 Å². The summed E-state index contributed by atoms with van der Waals surface area (Å²) in [4.78, 5) is 7.09.